The van der Waals surface area contributed by atoms with Gasteiger partial charge in [0, 0.05) is 37.7 Å². The number of esters is 2. The molecule has 0 fully saturated rings. The maximum absolute atomic E-state index is 12.4. The lowest BCUT2D eigenvalue weighted by molar-refractivity contribution is -0.941. The first-order valence-corrected chi connectivity index (χ1v) is 16.3. The predicted molar refractivity (Wildman–Crippen MR) is 181 cm³/mol. The molecule has 11 heteroatoms. The van der Waals surface area contributed by atoms with E-state index in [0.29, 0.717) is 55.3 Å². The molecule has 0 saturated carbocycles. The molecule has 48 heavy (non-hydrogen) atoms. The molecule has 1 aliphatic heterocycles. The number of nitrogens with zero attached hydrogens (tertiary/aromatic N) is 1. The first kappa shape index (κ1) is 40.5. The molecule has 0 bridgehead atoms. The number of carbonyl (C=O) groups excluding carboxylic acids is 2. The van der Waals surface area contributed by atoms with Crippen molar-refractivity contribution in [3.05, 3.63) is 53.1 Å². The van der Waals surface area contributed by atoms with E-state index in [2.05, 4.69) is 19.2 Å². The number of hydrogen-bond donors (Lipinski definition) is 0. The maximum Gasteiger partial charge on any atom is 0.306 e. The van der Waals surface area contributed by atoms with E-state index in [-0.39, 0.29) is 30.4 Å². The van der Waals surface area contributed by atoms with Crippen LogP contribution in [-0.2, 0) is 31.9 Å². The third-order valence-electron chi connectivity index (χ3n) is 8.50. The molecule has 0 unspecified atom stereocenters. The zero-order chi connectivity index (χ0) is 34.6. The quantitative estimate of drug-likeness (QED) is 0.107. The number of benzene rings is 2. The summed E-state index contributed by atoms with van der Waals surface area (Å²) in [6.07, 6.45) is 7.93. The second-order valence-electron chi connectivity index (χ2n) is 13.0. The molecule has 0 saturated heterocycles. The summed E-state index contributed by atoms with van der Waals surface area (Å²) in [6.45, 7) is 7.65. The minimum absolute atomic E-state index is 0. The molecule has 2 aromatic rings. The summed E-state index contributed by atoms with van der Waals surface area (Å²) in [7, 11) is 10.4. The van der Waals surface area contributed by atoms with Gasteiger partial charge >= 0.3 is 11.9 Å². The number of quaternary nitrogens is 1. The molecule has 0 aliphatic carbocycles. The van der Waals surface area contributed by atoms with Crippen LogP contribution in [0.1, 0.15) is 75.6 Å². The van der Waals surface area contributed by atoms with Gasteiger partial charge in [-0.25, -0.2) is 0 Å². The van der Waals surface area contributed by atoms with Gasteiger partial charge in [-0.05, 0) is 69.0 Å². The van der Waals surface area contributed by atoms with Crippen LogP contribution in [0.2, 0.25) is 0 Å². The Balaban J connectivity index is 0.00000800. The fourth-order valence-corrected chi connectivity index (χ4v) is 6.12. The predicted octanol–water partition coefficient (Wildman–Crippen LogP) is 3.41. The molecule has 10 nitrogen and oxygen atoms in total. The smallest absolute Gasteiger partial charge is 0.306 e. The van der Waals surface area contributed by atoms with E-state index >= 15 is 0 Å². The van der Waals surface area contributed by atoms with E-state index in [1.807, 2.05) is 45.1 Å². The Morgan fingerprint density at radius 3 is 1.92 bits per heavy atom. The fraction of sp³-hybridized carbons (Fsp3) is 0.568. The van der Waals surface area contributed by atoms with Gasteiger partial charge in [0.15, 0.2) is 23.0 Å². The van der Waals surface area contributed by atoms with Gasteiger partial charge in [-0.15, -0.1) is 0 Å². The summed E-state index contributed by atoms with van der Waals surface area (Å²) in [4.78, 5) is 24.3. The van der Waals surface area contributed by atoms with Crippen LogP contribution in [-0.4, -0.2) is 84.3 Å². The molecule has 2 aromatic carbocycles. The lowest BCUT2D eigenvalue weighted by atomic mass is 9.86. The highest BCUT2D eigenvalue weighted by Crippen LogP contribution is 2.44. The Kier molecular flexibility index (Phi) is 15.9. The van der Waals surface area contributed by atoms with Crippen molar-refractivity contribution in [1.29, 1.82) is 0 Å². The van der Waals surface area contributed by atoms with Gasteiger partial charge in [0.1, 0.15) is 11.6 Å². The van der Waals surface area contributed by atoms with Gasteiger partial charge in [-0.1, -0.05) is 12.2 Å². The van der Waals surface area contributed by atoms with Crippen LogP contribution in [0.4, 0.5) is 0 Å². The van der Waals surface area contributed by atoms with Crippen LogP contribution >= 0.6 is 0 Å². The maximum atomic E-state index is 12.4. The van der Waals surface area contributed by atoms with Crippen molar-refractivity contribution in [2.45, 2.75) is 77.4 Å². The van der Waals surface area contributed by atoms with Crippen molar-refractivity contribution in [3.8, 4) is 28.7 Å². The number of likely N-dealkylation sites (N-methyl/N-ethyl adjacent to an activating group) is 1. The van der Waals surface area contributed by atoms with Gasteiger partial charge in [-0.2, -0.15) is 0 Å². The molecule has 0 aromatic heterocycles. The molecule has 2 atom stereocenters. The second kappa shape index (κ2) is 18.8. The van der Waals surface area contributed by atoms with Gasteiger partial charge < -0.3 is 50.0 Å². The Bertz CT molecular complexity index is 1360. The van der Waals surface area contributed by atoms with Crippen molar-refractivity contribution in [2.75, 3.05) is 62.3 Å². The van der Waals surface area contributed by atoms with Crippen LogP contribution in [0.5, 0.6) is 28.7 Å². The number of fused-ring (bicyclic) bond motifs is 1. The highest BCUT2D eigenvalue weighted by molar-refractivity contribution is 5.70. The second-order valence-corrected chi connectivity index (χ2v) is 13.0. The Morgan fingerprint density at radius 2 is 1.38 bits per heavy atom. The molecular weight excluding hydrogens is 638 g/mol. The summed E-state index contributed by atoms with van der Waals surface area (Å²) in [5.41, 5.74) is 3.02. The third kappa shape index (κ3) is 11.2. The Hall–Kier alpha value is -3.63. The molecule has 0 amide bonds. The molecule has 0 spiro atoms. The number of ether oxygens (including phenoxy) is 7. The van der Waals surface area contributed by atoms with Crippen molar-refractivity contribution in [2.24, 2.45) is 0 Å². The number of hydrogen-bond acceptors (Lipinski definition) is 9. The molecule has 1 aliphatic rings. The largest absolute Gasteiger partial charge is 1.00 e. The van der Waals surface area contributed by atoms with Crippen molar-refractivity contribution in [1.82, 2.24) is 0 Å². The van der Waals surface area contributed by atoms with Crippen molar-refractivity contribution in [3.63, 3.8) is 0 Å². The van der Waals surface area contributed by atoms with E-state index in [1.165, 1.54) is 11.1 Å². The van der Waals surface area contributed by atoms with Crippen LogP contribution in [0, 0.1) is 0 Å². The van der Waals surface area contributed by atoms with Crippen LogP contribution < -0.4 is 36.1 Å². The van der Waals surface area contributed by atoms with Gasteiger partial charge in [0.2, 0.25) is 5.75 Å². The van der Waals surface area contributed by atoms with E-state index in [0.717, 1.165) is 48.1 Å². The number of halogens is 1. The normalized spacial score (nSPS) is 17.1. The summed E-state index contributed by atoms with van der Waals surface area (Å²) in [5.74, 6) is 2.76. The lowest BCUT2D eigenvalue weighted by Crippen LogP contribution is -3.00. The highest BCUT2D eigenvalue weighted by Gasteiger charge is 2.40. The number of carbonyl (C=O) groups is 2. The molecule has 3 rings (SSSR count). The molecule has 268 valence electrons. The topological polar surface area (TPSA) is 98.8 Å². The van der Waals surface area contributed by atoms with Gasteiger partial charge in [0.25, 0.3) is 0 Å². The average Bonchev–Trinajstić information content (AvgIpc) is 3.04. The van der Waals surface area contributed by atoms with Crippen LogP contribution in [0.15, 0.2) is 36.4 Å². The fourth-order valence-electron chi connectivity index (χ4n) is 6.12. The van der Waals surface area contributed by atoms with Crippen LogP contribution in [0.25, 0.3) is 0 Å². The van der Waals surface area contributed by atoms with E-state index < -0.39 is 5.60 Å². The standard InChI is InChI=1S/C37H54NO9.ClH/c1-37(2,3)47-35(40)16-13-11-10-12-15-34(39)46-20-14-18-38(4)19-17-27-24-30(41-5)31(42-6)25-28(27)29(38)21-26-22-32(43-7)36(45-9)33(23-26)44-8;/h10-11,22-25,29H,12-21H2,1-9H3;1H/q+1;/p-1/b11-10+;/t29-,38+;/m1./s1. The van der Waals surface area contributed by atoms with E-state index in [9.17, 15) is 9.59 Å². The molecular formula is C37H54ClNO9. The summed E-state index contributed by atoms with van der Waals surface area (Å²) < 4.78 is 39.9. The minimum atomic E-state index is -0.482. The monoisotopic (exact) mass is 691 g/mol. The summed E-state index contributed by atoms with van der Waals surface area (Å²) in [5, 5.41) is 0. The summed E-state index contributed by atoms with van der Waals surface area (Å²) >= 11 is 0. The minimum Gasteiger partial charge on any atom is -1.00 e. The first-order chi connectivity index (χ1) is 22.4. The number of rotatable bonds is 17. The van der Waals surface area contributed by atoms with Crippen LogP contribution in [0.3, 0.4) is 0 Å². The Labute approximate surface area is 292 Å². The van der Waals surface area contributed by atoms with Gasteiger partial charge in [0.05, 0.1) is 62.3 Å². The number of allylic oxidation sites excluding steroid dienone is 2. The molecule has 0 radical (unpaired) electrons. The van der Waals surface area contributed by atoms with Crippen molar-refractivity contribution < 1.29 is 59.6 Å². The molecule has 1 heterocycles. The van der Waals surface area contributed by atoms with E-state index in [1.54, 1.807) is 35.5 Å². The first-order valence-electron chi connectivity index (χ1n) is 16.3. The average molecular weight is 692 g/mol. The van der Waals surface area contributed by atoms with Crippen molar-refractivity contribution >= 4 is 11.9 Å². The number of methoxy groups -OCH3 is 5. The van der Waals surface area contributed by atoms with Gasteiger partial charge in [-0.3, -0.25) is 9.59 Å². The lowest BCUT2D eigenvalue weighted by Gasteiger charge is -2.46. The zero-order valence-corrected chi connectivity index (χ0v) is 30.9. The third-order valence-corrected chi connectivity index (χ3v) is 8.50. The Morgan fingerprint density at radius 1 is 0.812 bits per heavy atom. The SMILES string of the molecule is COc1cc2c(cc1OC)[C@@H](Cc1cc(OC)c(OC)c(OC)c1)[N@@+](C)(CCCOC(=O)CC/C=C/CCC(=O)OC(C)(C)C)CC2.[Cl-]. The summed E-state index contributed by atoms with van der Waals surface area (Å²) in [6, 6.07) is 8.30. The zero-order valence-electron chi connectivity index (χ0n) is 30.1. The highest BCUT2D eigenvalue weighted by atomic mass is 35.5. The van der Waals surface area contributed by atoms with E-state index in [4.69, 9.17) is 33.2 Å². The molecule has 0 N–H and O–H groups in total.